The second kappa shape index (κ2) is 8.75. The molecule has 164 valence electrons. The van der Waals surface area contributed by atoms with Gasteiger partial charge in [0.2, 0.25) is 15.9 Å². The van der Waals surface area contributed by atoms with Gasteiger partial charge in [-0.3, -0.25) is 10.1 Å². The summed E-state index contributed by atoms with van der Waals surface area (Å²) in [6.07, 6.45) is 0.916. The number of anilines is 1. The van der Waals surface area contributed by atoms with Crippen LogP contribution in [0.15, 0.2) is 39.6 Å². The third-order valence-corrected chi connectivity index (χ3v) is 8.12. The lowest BCUT2D eigenvalue weighted by atomic mass is 10.2. The summed E-state index contributed by atoms with van der Waals surface area (Å²) in [5, 5.41) is 10.1. The van der Waals surface area contributed by atoms with Gasteiger partial charge in [-0.1, -0.05) is 28.3 Å². The van der Waals surface area contributed by atoms with E-state index in [2.05, 4.69) is 15.5 Å². The maximum absolute atomic E-state index is 13.1. The number of hydrogen-bond donors (Lipinski definition) is 1. The van der Waals surface area contributed by atoms with E-state index in [0.717, 1.165) is 11.3 Å². The highest BCUT2D eigenvalue weighted by Crippen LogP contribution is 2.38. The first-order valence-electron chi connectivity index (χ1n) is 9.05. The van der Waals surface area contributed by atoms with Crippen molar-refractivity contribution in [3.05, 3.63) is 39.0 Å². The molecule has 1 atom stereocenters. The lowest BCUT2D eigenvalue weighted by molar-refractivity contribution is -0.119. The van der Waals surface area contributed by atoms with Crippen LogP contribution in [0.1, 0.15) is 12.8 Å². The summed E-state index contributed by atoms with van der Waals surface area (Å²) < 4.78 is 38.6. The molecular formula is C18H16Cl2N4O5S2. The van der Waals surface area contributed by atoms with Gasteiger partial charge in [-0.2, -0.15) is 4.31 Å². The highest BCUT2D eigenvalue weighted by molar-refractivity contribution is 7.89. The second-order valence-corrected chi connectivity index (χ2v) is 10.8. The van der Waals surface area contributed by atoms with Crippen molar-refractivity contribution in [2.45, 2.75) is 23.8 Å². The summed E-state index contributed by atoms with van der Waals surface area (Å²) in [4.78, 5) is 12.9. The quantitative estimate of drug-likeness (QED) is 0.543. The van der Waals surface area contributed by atoms with Gasteiger partial charge in [0, 0.05) is 6.54 Å². The SMILES string of the molecule is COc1ccc(S(=O)(=O)N2CCCC2C(=O)Nc2nnc(-c3cc(Cl)sc3Cl)o2)cc1. The summed E-state index contributed by atoms with van der Waals surface area (Å²) in [7, 11) is -2.38. The Morgan fingerprint density at radius 1 is 1.29 bits per heavy atom. The number of benzene rings is 1. The predicted molar refractivity (Wildman–Crippen MR) is 116 cm³/mol. The standard InChI is InChI=1S/C18H16Cl2N4O5S2/c1-28-10-4-6-11(7-5-10)31(26,27)24-8-2-3-13(24)16(25)21-18-23-22-17(29-18)12-9-14(19)30-15(12)20/h4-7,9,13H,2-3,8H2,1H3,(H,21,23,25). The number of hydrogen-bond acceptors (Lipinski definition) is 8. The van der Waals surface area contributed by atoms with Gasteiger partial charge in [0.15, 0.2) is 0 Å². The van der Waals surface area contributed by atoms with Gasteiger partial charge in [0.05, 0.1) is 21.9 Å². The Bertz CT molecular complexity index is 1210. The van der Waals surface area contributed by atoms with E-state index in [0.29, 0.717) is 32.8 Å². The Morgan fingerprint density at radius 2 is 2.03 bits per heavy atom. The number of thiophene rings is 1. The molecule has 0 radical (unpaired) electrons. The maximum Gasteiger partial charge on any atom is 0.322 e. The zero-order valence-corrected chi connectivity index (χ0v) is 19.2. The van der Waals surface area contributed by atoms with E-state index in [9.17, 15) is 13.2 Å². The first kappa shape index (κ1) is 22.0. The van der Waals surface area contributed by atoms with Gasteiger partial charge in [0.25, 0.3) is 5.89 Å². The fourth-order valence-electron chi connectivity index (χ4n) is 3.23. The molecule has 1 fully saturated rings. The summed E-state index contributed by atoms with van der Waals surface area (Å²) in [6, 6.07) is 6.52. The van der Waals surface area contributed by atoms with Crippen molar-refractivity contribution < 1.29 is 22.4 Å². The van der Waals surface area contributed by atoms with Crippen molar-refractivity contribution in [3.8, 4) is 17.2 Å². The molecule has 1 aromatic carbocycles. The van der Waals surface area contributed by atoms with Gasteiger partial charge in [0.1, 0.15) is 16.1 Å². The molecule has 1 saturated heterocycles. The third kappa shape index (κ3) is 4.41. The fraction of sp³-hybridized carbons (Fsp3) is 0.278. The molecule has 0 spiro atoms. The minimum Gasteiger partial charge on any atom is -0.497 e. The maximum atomic E-state index is 13.1. The van der Waals surface area contributed by atoms with Gasteiger partial charge >= 0.3 is 6.01 Å². The Morgan fingerprint density at radius 3 is 2.68 bits per heavy atom. The average Bonchev–Trinajstić information content (AvgIpc) is 3.48. The molecule has 1 amide bonds. The van der Waals surface area contributed by atoms with E-state index < -0.39 is 22.0 Å². The smallest absolute Gasteiger partial charge is 0.322 e. The number of rotatable bonds is 6. The monoisotopic (exact) mass is 502 g/mol. The van der Waals surface area contributed by atoms with Crippen LogP contribution in [0.25, 0.3) is 11.5 Å². The number of carbonyl (C=O) groups is 1. The van der Waals surface area contributed by atoms with Crippen molar-refractivity contribution in [3.63, 3.8) is 0 Å². The molecule has 2 aromatic heterocycles. The molecule has 0 aliphatic carbocycles. The lowest BCUT2D eigenvalue weighted by Crippen LogP contribution is -2.43. The number of amides is 1. The van der Waals surface area contributed by atoms with Crippen molar-refractivity contribution in [1.82, 2.24) is 14.5 Å². The molecule has 1 aliphatic heterocycles. The predicted octanol–water partition coefficient (Wildman–Crippen LogP) is 3.91. The van der Waals surface area contributed by atoms with Gasteiger partial charge in [-0.25, -0.2) is 8.42 Å². The molecule has 1 N–H and O–H groups in total. The Labute approximate surface area is 192 Å². The van der Waals surface area contributed by atoms with Gasteiger partial charge < -0.3 is 9.15 Å². The van der Waals surface area contributed by atoms with Crippen LogP contribution in [0, 0.1) is 0 Å². The molecule has 1 unspecified atom stereocenters. The summed E-state index contributed by atoms with van der Waals surface area (Å²) in [6.45, 7) is 0.227. The zero-order valence-electron chi connectivity index (χ0n) is 16.0. The second-order valence-electron chi connectivity index (χ2n) is 6.59. The van der Waals surface area contributed by atoms with E-state index in [1.807, 2.05) is 0 Å². The van der Waals surface area contributed by atoms with Crippen LogP contribution < -0.4 is 10.1 Å². The number of aromatic nitrogens is 2. The minimum atomic E-state index is -3.87. The van der Waals surface area contributed by atoms with Crippen LogP contribution >= 0.6 is 34.5 Å². The Hall–Kier alpha value is -2.18. The van der Waals surface area contributed by atoms with Crippen LogP contribution in [0.2, 0.25) is 8.67 Å². The van der Waals surface area contributed by atoms with Gasteiger partial charge in [-0.05, 0) is 43.2 Å². The number of methoxy groups -OCH3 is 1. The van der Waals surface area contributed by atoms with Crippen LogP contribution in [0.5, 0.6) is 5.75 Å². The van der Waals surface area contributed by atoms with Crippen molar-refractivity contribution in [1.29, 1.82) is 0 Å². The highest BCUT2D eigenvalue weighted by Gasteiger charge is 2.40. The number of ether oxygens (including phenoxy) is 1. The van der Waals surface area contributed by atoms with Gasteiger partial charge in [-0.15, -0.1) is 16.4 Å². The highest BCUT2D eigenvalue weighted by atomic mass is 35.5. The summed E-state index contributed by atoms with van der Waals surface area (Å²) in [5.74, 6) is 0.0747. The van der Waals surface area contributed by atoms with Crippen LogP contribution in [-0.4, -0.2) is 48.5 Å². The third-order valence-electron chi connectivity index (χ3n) is 4.71. The molecule has 3 heterocycles. The lowest BCUT2D eigenvalue weighted by Gasteiger charge is -2.22. The number of carbonyl (C=O) groups excluding carboxylic acids is 1. The molecule has 1 aliphatic rings. The average molecular weight is 503 g/mol. The zero-order chi connectivity index (χ0) is 22.2. The van der Waals surface area contributed by atoms with Crippen molar-refractivity contribution in [2.24, 2.45) is 0 Å². The number of nitrogens with one attached hydrogen (secondary N) is 1. The molecule has 13 heteroatoms. The molecule has 3 aromatic rings. The Balaban J connectivity index is 1.51. The Kier molecular flexibility index (Phi) is 6.22. The van der Waals surface area contributed by atoms with Crippen molar-refractivity contribution >= 4 is 56.5 Å². The number of nitrogens with zero attached hydrogens (tertiary/aromatic N) is 3. The first-order chi connectivity index (χ1) is 14.8. The minimum absolute atomic E-state index is 0.0806. The largest absolute Gasteiger partial charge is 0.497 e. The van der Waals surface area contributed by atoms with Crippen molar-refractivity contribution in [2.75, 3.05) is 19.0 Å². The normalized spacial score (nSPS) is 17.1. The van der Waals surface area contributed by atoms with E-state index in [1.54, 1.807) is 18.2 Å². The molecule has 9 nitrogen and oxygen atoms in total. The number of halogens is 2. The van der Waals surface area contributed by atoms with E-state index in [4.69, 9.17) is 32.4 Å². The molecule has 0 bridgehead atoms. The summed E-state index contributed by atoms with van der Waals surface area (Å²) >= 11 is 13.2. The fourth-order valence-corrected chi connectivity index (χ4v) is 6.33. The molecular weight excluding hydrogens is 487 g/mol. The first-order valence-corrected chi connectivity index (χ1v) is 12.1. The van der Waals surface area contributed by atoms with Crippen LogP contribution in [0.4, 0.5) is 6.01 Å². The van der Waals surface area contributed by atoms with Crippen LogP contribution in [0.3, 0.4) is 0 Å². The molecule has 4 rings (SSSR count). The summed E-state index contributed by atoms with van der Waals surface area (Å²) in [5.41, 5.74) is 0.453. The molecule has 31 heavy (non-hydrogen) atoms. The topological polar surface area (TPSA) is 115 Å². The number of sulfonamides is 1. The van der Waals surface area contributed by atoms with E-state index in [1.165, 1.54) is 23.5 Å². The van der Waals surface area contributed by atoms with Crippen LogP contribution in [-0.2, 0) is 14.8 Å². The molecule has 0 saturated carbocycles. The van der Waals surface area contributed by atoms with E-state index >= 15 is 0 Å². The van der Waals surface area contributed by atoms with E-state index in [-0.39, 0.29) is 23.3 Å².